The average molecular weight is 384 g/mol. The van der Waals surface area contributed by atoms with Gasteiger partial charge in [-0.15, -0.1) is 0 Å². The first-order valence-corrected chi connectivity index (χ1v) is 11.3. The first-order chi connectivity index (χ1) is 13.7. The van der Waals surface area contributed by atoms with Crippen LogP contribution in [0.25, 0.3) is 0 Å². The van der Waals surface area contributed by atoms with Gasteiger partial charge in [0.2, 0.25) is 5.91 Å². The minimum Gasteiger partial charge on any atom is -0.352 e. The maximum absolute atomic E-state index is 11.9. The monoisotopic (exact) mass is 383 g/mol. The number of hydrogen-bond acceptors (Lipinski definition) is 1. The Bertz CT molecular complexity index is 574. The molecule has 2 nitrogen and oxygen atoms in total. The van der Waals surface area contributed by atoms with Crippen LogP contribution < -0.4 is 5.32 Å². The highest BCUT2D eigenvalue weighted by Crippen LogP contribution is 2.09. The highest BCUT2D eigenvalue weighted by Gasteiger charge is 2.02. The molecule has 1 aromatic carbocycles. The normalized spacial score (nSPS) is 11.5. The third-order valence-electron chi connectivity index (χ3n) is 5.09. The second kappa shape index (κ2) is 17.3. The highest BCUT2D eigenvalue weighted by molar-refractivity contribution is 5.75. The van der Waals surface area contributed by atoms with Crippen LogP contribution in [-0.2, 0) is 11.3 Å². The van der Waals surface area contributed by atoms with Gasteiger partial charge in [-0.05, 0) is 56.6 Å². The van der Waals surface area contributed by atoms with Gasteiger partial charge in [-0.3, -0.25) is 4.79 Å². The molecule has 1 aromatic rings. The van der Waals surface area contributed by atoms with E-state index in [4.69, 9.17) is 0 Å². The number of aryl methyl sites for hydroxylation is 1. The van der Waals surface area contributed by atoms with Crippen LogP contribution in [0.15, 0.2) is 48.6 Å². The van der Waals surface area contributed by atoms with E-state index in [1.54, 1.807) is 0 Å². The van der Waals surface area contributed by atoms with Gasteiger partial charge in [0, 0.05) is 13.0 Å². The number of rotatable bonds is 16. The van der Waals surface area contributed by atoms with Crippen LogP contribution in [0, 0.1) is 6.92 Å². The van der Waals surface area contributed by atoms with Gasteiger partial charge in [0.15, 0.2) is 0 Å². The fraction of sp³-hybridized carbons (Fsp3) is 0.577. The van der Waals surface area contributed by atoms with E-state index >= 15 is 0 Å². The molecule has 0 aliphatic carbocycles. The van der Waals surface area contributed by atoms with Crippen LogP contribution >= 0.6 is 0 Å². The summed E-state index contributed by atoms with van der Waals surface area (Å²) in [5.41, 5.74) is 2.44. The van der Waals surface area contributed by atoms with Crippen molar-refractivity contribution in [1.82, 2.24) is 5.32 Å². The summed E-state index contributed by atoms with van der Waals surface area (Å²) in [7, 11) is 0. The molecule has 0 bridgehead atoms. The van der Waals surface area contributed by atoms with Gasteiger partial charge in [-0.1, -0.05) is 87.6 Å². The summed E-state index contributed by atoms with van der Waals surface area (Å²) in [6.07, 6.45) is 23.2. The predicted molar refractivity (Wildman–Crippen MR) is 122 cm³/mol. The second-order valence-corrected chi connectivity index (χ2v) is 7.68. The van der Waals surface area contributed by atoms with Crippen LogP contribution in [0.2, 0.25) is 0 Å². The largest absolute Gasteiger partial charge is 0.352 e. The molecular formula is C26H41NO. The fourth-order valence-corrected chi connectivity index (χ4v) is 3.19. The van der Waals surface area contributed by atoms with Crippen molar-refractivity contribution in [2.75, 3.05) is 0 Å². The molecule has 0 radical (unpaired) electrons. The lowest BCUT2D eigenvalue weighted by atomic mass is 10.1. The van der Waals surface area contributed by atoms with E-state index in [-0.39, 0.29) is 5.91 Å². The number of allylic oxidation sites excluding steroid dienone is 4. The molecular weight excluding hydrogens is 342 g/mol. The lowest BCUT2D eigenvalue weighted by Crippen LogP contribution is -2.22. The quantitative estimate of drug-likeness (QED) is 0.233. The minimum absolute atomic E-state index is 0.175. The Morgan fingerprint density at radius 1 is 0.857 bits per heavy atom. The summed E-state index contributed by atoms with van der Waals surface area (Å²) in [4.78, 5) is 11.9. The van der Waals surface area contributed by atoms with Crippen LogP contribution in [0.5, 0.6) is 0 Å². The highest BCUT2D eigenvalue weighted by atomic mass is 16.1. The Balaban J connectivity index is 1.90. The molecule has 2 heteroatoms. The summed E-state index contributed by atoms with van der Waals surface area (Å²) < 4.78 is 0. The first-order valence-electron chi connectivity index (χ1n) is 11.3. The smallest absolute Gasteiger partial charge is 0.220 e. The average Bonchev–Trinajstić information content (AvgIpc) is 2.70. The number of carbonyl (C=O) groups excluding carboxylic acids is 1. The predicted octanol–water partition coefficient (Wildman–Crippen LogP) is 7.42. The molecule has 1 amide bonds. The zero-order chi connectivity index (χ0) is 20.3. The number of hydrogen-bond donors (Lipinski definition) is 1. The number of nitrogens with one attached hydrogen (secondary N) is 1. The maximum atomic E-state index is 11.9. The Hall–Kier alpha value is -1.83. The van der Waals surface area contributed by atoms with Gasteiger partial charge in [0.25, 0.3) is 0 Å². The molecule has 0 aliphatic heterocycles. The second-order valence-electron chi connectivity index (χ2n) is 7.68. The van der Waals surface area contributed by atoms with Gasteiger partial charge in [0.05, 0.1) is 0 Å². The van der Waals surface area contributed by atoms with E-state index in [2.05, 4.69) is 55.6 Å². The molecule has 156 valence electrons. The first kappa shape index (κ1) is 24.2. The number of unbranched alkanes of at least 4 members (excludes halogenated alkanes) is 8. The lowest BCUT2D eigenvalue weighted by molar-refractivity contribution is -0.121. The molecule has 0 atom stereocenters. The van der Waals surface area contributed by atoms with Gasteiger partial charge in [0.1, 0.15) is 0 Å². The summed E-state index contributed by atoms with van der Waals surface area (Å²) in [5.74, 6) is 0.175. The number of benzene rings is 1. The van der Waals surface area contributed by atoms with Crippen LogP contribution in [0.3, 0.4) is 0 Å². The van der Waals surface area contributed by atoms with Crippen LogP contribution in [0.4, 0.5) is 0 Å². The van der Waals surface area contributed by atoms with E-state index in [1.807, 2.05) is 12.1 Å². The molecule has 0 heterocycles. The number of carbonyl (C=O) groups is 1. The summed E-state index contributed by atoms with van der Waals surface area (Å²) in [5, 5.41) is 3.04. The van der Waals surface area contributed by atoms with E-state index in [1.165, 1.54) is 62.5 Å². The Morgan fingerprint density at radius 3 is 2.21 bits per heavy atom. The minimum atomic E-state index is 0.175. The zero-order valence-electron chi connectivity index (χ0n) is 18.2. The molecule has 1 rings (SSSR count). The molecule has 0 fully saturated rings. The van der Waals surface area contributed by atoms with E-state index in [9.17, 15) is 4.79 Å². The Kier molecular flexibility index (Phi) is 14.9. The van der Waals surface area contributed by atoms with Crippen LogP contribution in [-0.4, -0.2) is 5.91 Å². The van der Waals surface area contributed by atoms with Crippen molar-refractivity contribution < 1.29 is 4.79 Å². The SMILES string of the molecule is CCCCC/C=C\C/C=C\CCCCCCCC(=O)NCc1ccccc1C. The van der Waals surface area contributed by atoms with Crippen molar-refractivity contribution >= 4 is 5.91 Å². The Morgan fingerprint density at radius 2 is 1.50 bits per heavy atom. The van der Waals surface area contributed by atoms with Crippen molar-refractivity contribution in [3.63, 3.8) is 0 Å². The van der Waals surface area contributed by atoms with Gasteiger partial charge in [-0.2, -0.15) is 0 Å². The molecule has 0 aliphatic rings. The summed E-state index contributed by atoms with van der Waals surface area (Å²) in [6, 6.07) is 8.22. The summed E-state index contributed by atoms with van der Waals surface area (Å²) in [6.45, 7) is 4.98. The number of amides is 1. The van der Waals surface area contributed by atoms with Gasteiger partial charge >= 0.3 is 0 Å². The van der Waals surface area contributed by atoms with Crippen molar-refractivity contribution in [3.8, 4) is 0 Å². The molecule has 0 saturated carbocycles. The topological polar surface area (TPSA) is 29.1 Å². The molecule has 28 heavy (non-hydrogen) atoms. The molecule has 1 N–H and O–H groups in total. The van der Waals surface area contributed by atoms with E-state index < -0.39 is 0 Å². The van der Waals surface area contributed by atoms with Crippen molar-refractivity contribution in [3.05, 3.63) is 59.7 Å². The van der Waals surface area contributed by atoms with Crippen molar-refractivity contribution in [2.24, 2.45) is 0 Å². The van der Waals surface area contributed by atoms with Crippen molar-refractivity contribution in [2.45, 2.75) is 97.4 Å². The maximum Gasteiger partial charge on any atom is 0.220 e. The summed E-state index contributed by atoms with van der Waals surface area (Å²) >= 11 is 0. The molecule has 0 aromatic heterocycles. The third-order valence-corrected chi connectivity index (χ3v) is 5.09. The van der Waals surface area contributed by atoms with E-state index in [0.29, 0.717) is 13.0 Å². The lowest BCUT2D eigenvalue weighted by Gasteiger charge is -2.07. The molecule has 0 saturated heterocycles. The van der Waals surface area contributed by atoms with E-state index in [0.717, 1.165) is 19.3 Å². The zero-order valence-corrected chi connectivity index (χ0v) is 18.2. The fourth-order valence-electron chi connectivity index (χ4n) is 3.19. The van der Waals surface area contributed by atoms with Gasteiger partial charge < -0.3 is 5.32 Å². The molecule has 0 spiro atoms. The van der Waals surface area contributed by atoms with Gasteiger partial charge in [-0.25, -0.2) is 0 Å². The Labute approximate surface area is 173 Å². The molecule has 0 unspecified atom stereocenters. The third kappa shape index (κ3) is 13.4. The van der Waals surface area contributed by atoms with Crippen molar-refractivity contribution in [1.29, 1.82) is 0 Å². The van der Waals surface area contributed by atoms with Crippen LogP contribution in [0.1, 0.15) is 95.1 Å². The standard InChI is InChI=1S/C26H41NO/c1-3-4-5-6-7-8-9-10-11-12-13-14-15-16-17-22-26(28)27-23-25-21-19-18-20-24(25)2/h7-8,10-11,18-21H,3-6,9,12-17,22-23H2,1-2H3,(H,27,28)/b8-7-,11-10-.